The summed E-state index contributed by atoms with van der Waals surface area (Å²) in [6, 6.07) is 9.17. The number of nitriles is 1. The van der Waals surface area contributed by atoms with E-state index in [1.165, 1.54) is 28.9 Å². The number of nitrogens with one attached hydrogen (secondary N) is 1. The number of nitrogens with zero attached hydrogens (tertiary/aromatic N) is 3. The van der Waals surface area contributed by atoms with Gasteiger partial charge in [-0.25, -0.2) is 17.8 Å². The molecule has 0 fully saturated rings. The van der Waals surface area contributed by atoms with Gasteiger partial charge < -0.3 is 0 Å². The lowest BCUT2D eigenvalue weighted by molar-refractivity contribution is 0.541. The van der Waals surface area contributed by atoms with E-state index in [-0.39, 0.29) is 23.5 Å². The summed E-state index contributed by atoms with van der Waals surface area (Å²) in [6.45, 7) is 0.232. The molecular formula is C16H16N4O3S. The number of benzene rings is 1. The molecule has 1 N–H and O–H groups in total. The first-order valence-corrected chi connectivity index (χ1v) is 9.08. The number of aromatic nitrogens is 2. The van der Waals surface area contributed by atoms with Crippen LogP contribution in [-0.2, 0) is 29.4 Å². The Labute approximate surface area is 139 Å². The van der Waals surface area contributed by atoms with Crippen LogP contribution in [0.3, 0.4) is 0 Å². The van der Waals surface area contributed by atoms with Gasteiger partial charge in [0.25, 0.3) is 5.56 Å². The first-order chi connectivity index (χ1) is 11.5. The summed E-state index contributed by atoms with van der Waals surface area (Å²) in [5.41, 5.74) is 2.09. The Balaban J connectivity index is 1.67. The first-order valence-electron chi connectivity index (χ1n) is 7.59. The Kier molecular flexibility index (Phi) is 4.46. The zero-order valence-electron chi connectivity index (χ0n) is 12.9. The number of sulfonamides is 1. The topological polar surface area (TPSA) is 105 Å². The van der Waals surface area contributed by atoms with Crippen LogP contribution in [0, 0.1) is 11.3 Å². The van der Waals surface area contributed by atoms with Gasteiger partial charge in [-0.2, -0.15) is 10.4 Å². The molecule has 0 saturated carbocycles. The Hall–Kier alpha value is -2.50. The largest absolute Gasteiger partial charge is 0.268 e. The van der Waals surface area contributed by atoms with E-state index in [9.17, 15) is 13.2 Å². The third kappa shape index (κ3) is 3.37. The van der Waals surface area contributed by atoms with Crippen molar-refractivity contribution in [3.63, 3.8) is 0 Å². The lowest BCUT2D eigenvalue weighted by Gasteiger charge is -2.09. The van der Waals surface area contributed by atoms with Crippen molar-refractivity contribution in [3.8, 4) is 6.07 Å². The van der Waals surface area contributed by atoms with Crippen LogP contribution in [0.1, 0.15) is 23.2 Å². The van der Waals surface area contributed by atoms with E-state index in [4.69, 9.17) is 5.26 Å². The molecule has 8 heteroatoms. The van der Waals surface area contributed by atoms with Crippen molar-refractivity contribution in [1.82, 2.24) is 14.5 Å². The normalized spacial score (nSPS) is 13.5. The number of hydrogen-bond donors (Lipinski definition) is 1. The fourth-order valence-electron chi connectivity index (χ4n) is 2.68. The molecule has 0 amide bonds. The molecular weight excluding hydrogens is 328 g/mol. The minimum atomic E-state index is -3.68. The Morgan fingerprint density at radius 2 is 2.00 bits per heavy atom. The smallest absolute Gasteiger partial charge is 0.267 e. The van der Waals surface area contributed by atoms with Gasteiger partial charge in [0.15, 0.2) is 0 Å². The zero-order chi connectivity index (χ0) is 17.2. The number of fused-ring (bicyclic) bond motifs is 1. The lowest BCUT2D eigenvalue weighted by atomic mass is 10.2. The van der Waals surface area contributed by atoms with Crippen LogP contribution >= 0.6 is 0 Å². The average molecular weight is 344 g/mol. The average Bonchev–Trinajstić information content (AvgIpc) is 3.02. The minimum Gasteiger partial charge on any atom is -0.268 e. The molecule has 0 radical (unpaired) electrons. The highest BCUT2D eigenvalue weighted by molar-refractivity contribution is 7.89. The van der Waals surface area contributed by atoms with Crippen molar-refractivity contribution in [2.75, 3.05) is 6.54 Å². The maximum Gasteiger partial charge on any atom is 0.267 e. The summed E-state index contributed by atoms with van der Waals surface area (Å²) in [5, 5.41) is 13.0. The molecule has 1 aliphatic carbocycles. The summed E-state index contributed by atoms with van der Waals surface area (Å²) in [6.07, 6.45) is 2.73. The van der Waals surface area contributed by atoms with Gasteiger partial charge >= 0.3 is 0 Å². The van der Waals surface area contributed by atoms with Crippen molar-refractivity contribution < 1.29 is 8.42 Å². The van der Waals surface area contributed by atoms with Gasteiger partial charge in [0.05, 0.1) is 28.8 Å². The molecule has 0 saturated heterocycles. The molecule has 1 aromatic heterocycles. The third-order valence-corrected chi connectivity index (χ3v) is 5.41. The van der Waals surface area contributed by atoms with E-state index in [1.807, 2.05) is 6.07 Å². The highest BCUT2D eigenvalue weighted by Crippen LogP contribution is 2.16. The van der Waals surface area contributed by atoms with Gasteiger partial charge in [-0.1, -0.05) is 0 Å². The first kappa shape index (κ1) is 16.4. The maximum absolute atomic E-state index is 12.2. The summed E-state index contributed by atoms with van der Waals surface area (Å²) in [5.74, 6) is 0. The predicted molar refractivity (Wildman–Crippen MR) is 86.9 cm³/mol. The molecule has 0 spiro atoms. The number of rotatable bonds is 5. The van der Waals surface area contributed by atoms with Crippen molar-refractivity contribution in [3.05, 3.63) is 57.5 Å². The zero-order valence-corrected chi connectivity index (χ0v) is 13.7. The molecule has 0 aliphatic heterocycles. The van der Waals surface area contributed by atoms with Crippen LogP contribution in [0.4, 0.5) is 0 Å². The summed E-state index contributed by atoms with van der Waals surface area (Å²) >= 11 is 0. The standard InChI is InChI=1S/C16H16N4O3S/c17-11-12-4-6-14(7-5-12)24(22,23)18-8-9-20-16(21)10-13-2-1-3-15(13)19-20/h4-7,10,18H,1-3,8-9H2. The van der Waals surface area contributed by atoms with E-state index in [0.717, 1.165) is 30.5 Å². The predicted octanol–water partition coefficient (Wildman–Crippen LogP) is 0.582. The van der Waals surface area contributed by atoms with Gasteiger partial charge in [0.1, 0.15) is 0 Å². The SMILES string of the molecule is N#Cc1ccc(S(=O)(=O)NCCn2nc3c(cc2=O)CCC3)cc1. The van der Waals surface area contributed by atoms with E-state index >= 15 is 0 Å². The third-order valence-electron chi connectivity index (χ3n) is 3.93. The van der Waals surface area contributed by atoms with Crippen molar-refractivity contribution in [2.24, 2.45) is 0 Å². The van der Waals surface area contributed by atoms with E-state index in [0.29, 0.717) is 5.56 Å². The molecule has 1 heterocycles. The van der Waals surface area contributed by atoms with Crippen molar-refractivity contribution >= 4 is 10.0 Å². The molecule has 0 unspecified atom stereocenters. The van der Waals surface area contributed by atoms with Crippen LogP contribution < -0.4 is 10.3 Å². The fourth-order valence-corrected chi connectivity index (χ4v) is 3.70. The Morgan fingerprint density at radius 3 is 2.71 bits per heavy atom. The molecule has 1 aromatic carbocycles. The van der Waals surface area contributed by atoms with Crippen molar-refractivity contribution in [1.29, 1.82) is 5.26 Å². The van der Waals surface area contributed by atoms with Crippen molar-refractivity contribution in [2.45, 2.75) is 30.7 Å². The van der Waals surface area contributed by atoms with Crippen LogP contribution in [0.2, 0.25) is 0 Å². The van der Waals surface area contributed by atoms with Crippen LogP contribution in [0.5, 0.6) is 0 Å². The second-order valence-corrected chi connectivity index (χ2v) is 7.33. The van der Waals surface area contributed by atoms with Gasteiger partial charge in [-0.15, -0.1) is 0 Å². The minimum absolute atomic E-state index is 0.0635. The van der Waals surface area contributed by atoms with Gasteiger partial charge in [0.2, 0.25) is 10.0 Å². The van der Waals surface area contributed by atoms with Gasteiger partial charge in [-0.05, 0) is 49.1 Å². The maximum atomic E-state index is 12.2. The second-order valence-electron chi connectivity index (χ2n) is 5.57. The molecule has 124 valence electrons. The highest BCUT2D eigenvalue weighted by Gasteiger charge is 2.16. The second kappa shape index (κ2) is 6.55. The van der Waals surface area contributed by atoms with Crippen LogP contribution in [0.25, 0.3) is 0 Å². The Bertz CT molecular complexity index is 956. The number of hydrogen-bond acceptors (Lipinski definition) is 5. The van der Waals surface area contributed by atoms with Crippen LogP contribution in [-0.4, -0.2) is 24.7 Å². The number of aryl methyl sites for hydroxylation is 2. The van der Waals surface area contributed by atoms with Gasteiger partial charge in [-0.3, -0.25) is 4.79 Å². The molecule has 7 nitrogen and oxygen atoms in total. The summed E-state index contributed by atoms with van der Waals surface area (Å²) in [7, 11) is -3.68. The molecule has 1 aliphatic rings. The molecule has 3 rings (SSSR count). The quantitative estimate of drug-likeness (QED) is 0.854. The van der Waals surface area contributed by atoms with Crippen LogP contribution in [0.15, 0.2) is 40.0 Å². The molecule has 2 aromatic rings. The monoisotopic (exact) mass is 344 g/mol. The lowest BCUT2D eigenvalue weighted by Crippen LogP contribution is -2.32. The molecule has 0 bridgehead atoms. The fraction of sp³-hybridized carbons (Fsp3) is 0.312. The van der Waals surface area contributed by atoms with E-state index in [2.05, 4.69) is 9.82 Å². The molecule has 0 atom stereocenters. The van der Waals surface area contributed by atoms with E-state index < -0.39 is 10.0 Å². The van der Waals surface area contributed by atoms with E-state index in [1.54, 1.807) is 6.07 Å². The van der Waals surface area contributed by atoms with Gasteiger partial charge in [0, 0.05) is 12.6 Å². The summed E-state index contributed by atoms with van der Waals surface area (Å²) in [4.78, 5) is 12.0. The summed E-state index contributed by atoms with van der Waals surface area (Å²) < 4.78 is 28.1. The highest BCUT2D eigenvalue weighted by atomic mass is 32.2. The molecule has 24 heavy (non-hydrogen) atoms. The Morgan fingerprint density at radius 1 is 1.25 bits per heavy atom.